The molecule has 0 bridgehead atoms. The summed E-state index contributed by atoms with van der Waals surface area (Å²) in [6.07, 6.45) is 2.56. The van der Waals surface area contributed by atoms with Gasteiger partial charge in [0.1, 0.15) is 5.78 Å². The van der Waals surface area contributed by atoms with Crippen molar-refractivity contribution in [1.82, 2.24) is 0 Å². The highest BCUT2D eigenvalue weighted by Gasteiger charge is 2.13. The lowest BCUT2D eigenvalue weighted by Crippen LogP contribution is -2.19. The van der Waals surface area contributed by atoms with Crippen LogP contribution in [0.2, 0.25) is 5.02 Å². The lowest BCUT2D eigenvalue weighted by Gasteiger charge is -2.10. The monoisotopic (exact) mass is 299 g/mol. The van der Waals surface area contributed by atoms with Crippen LogP contribution in [-0.4, -0.2) is 25.5 Å². The van der Waals surface area contributed by atoms with Gasteiger partial charge in [0.25, 0.3) is 0 Å². The Morgan fingerprint density at radius 3 is 2.05 bits per heavy atom. The first-order valence-corrected chi connectivity index (χ1v) is 7.56. The summed E-state index contributed by atoms with van der Waals surface area (Å²) in [6.45, 7) is 7.89. The van der Waals surface area contributed by atoms with Crippen molar-refractivity contribution in [3.63, 3.8) is 0 Å². The highest BCUT2D eigenvalue weighted by atomic mass is 35.5. The Labute approximate surface area is 127 Å². The zero-order chi connectivity index (χ0) is 15.4. The number of rotatable bonds is 3. The van der Waals surface area contributed by atoms with Crippen LogP contribution < -0.4 is 5.73 Å². The molecule has 1 atom stereocenters. The van der Waals surface area contributed by atoms with E-state index >= 15 is 0 Å². The maximum Gasteiger partial charge on any atom is 0.138 e. The molecule has 0 aliphatic carbocycles. The molecular weight excluding hydrogens is 274 g/mol. The van der Waals surface area contributed by atoms with Gasteiger partial charge in [-0.3, -0.25) is 4.79 Å². The van der Waals surface area contributed by atoms with Gasteiger partial charge in [0.05, 0.1) is 5.92 Å². The van der Waals surface area contributed by atoms with E-state index in [-0.39, 0.29) is 11.7 Å². The second kappa shape index (κ2) is 11.9. The van der Waals surface area contributed by atoms with Crippen molar-refractivity contribution in [2.24, 2.45) is 5.73 Å². The Morgan fingerprint density at radius 2 is 1.75 bits per heavy atom. The minimum absolute atomic E-state index is 0.0878. The quantitative estimate of drug-likeness (QED) is 0.923. The van der Waals surface area contributed by atoms with Crippen LogP contribution in [0.15, 0.2) is 24.3 Å². The van der Waals surface area contributed by atoms with E-state index in [0.717, 1.165) is 18.8 Å². The number of hydrogen-bond acceptors (Lipinski definition) is 3. The number of nitrogens with two attached hydrogens (primary N) is 1. The van der Waals surface area contributed by atoms with Gasteiger partial charge < -0.3 is 10.5 Å². The Morgan fingerprint density at radius 1 is 1.25 bits per heavy atom. The smallest absolute Gasteiger partial charge is 0.138 e. The van der Waals surface area contributed by atoms with E-state index < -0.39 is 0 Å². The van der Waals surface area contributed by atoms with E-state index in [1.54, 1.807) is 19.1 Å². The first-order chi connectivity index (χ1) is 9.65. The third kappa shape index (κ3) is 7.63. The number of carbonyl (C=O) groups is 1. The van der Waals surface area contributed by atoms with Crippen LogP contribution in [-0.2, 0) is 9.53 Å². The Balaban J connectivity index is 0.000000427. The molecule has 3 nitrogen and oxygen atoms in total. The molecule has 1 aliphatic heterocycles. The summed E-state index contributed by atoms with van der Waals surface area (Å²) in [4.78, 5) is 11.1. The zero-order valence-electron chi connectivity index (χ0n) is 12.7. The first-order valence-electron chi connectivity index (χ1n) is 7.19. The van der Waals surface area contributed by atoms with Gasteiger partial charge in [0.2, 0.25) is 0 Å². The van der Waals surface area contributed by atoms with Crippen molar-refractivity contribution in [3.8, 4) is 0 Å². The van der Waals surface area contributed by atoms with Gasteiger partial charge in [0, 0.05) is 24.8 Å². The normalized spacial score (nSPS) is 14.4. The summed E-state index contributed by atoms with van der Waals surface area (Å²) < 4.78 is 4.94. The van der Waals surface area contributed by atoms with Gasteiger partial charge >= 0.3 is 0 Å². The zero-order valence-corrected chi connectivity index (χ0v) is 13.5. The van der Waals surface area contributed by atoms with Crippen LogP contribution in [0.1, 0.15) is 45.1 Å². The topological polar surface area (TPSA) is 52.3 Å². The Kier molecular flexibility index (Phi) is 11.4. The van der Waals surface area contributed by atoms with Gasteiger partial charge in [-0.1, -0.05) is 37.6 Å². The lowest BCUT2D eigenvalue weighted by molar-refractivity contribution is -0.118. The third-order valence-electron chi connectivity index (χ3n) is 2.83. The minimum Gasteiger partial charge on any atom is -0.381 e. The molecule has 1 fully saturated rings. The van der Waals surface area contributed by atoms with E-state index in [2.05, 4.69) is 0 Å². The predicted molar refractivity (Wildman–Crippen MR) is 85.3 cm³/mol. The Bertz CT molecular complexity index is 354. The van der Waals surface area contributed by atoms with Gasteiger partial charge in [-0.05, 0) is 37.5 Å². The highest BCUT2D eigenvalue weighted by Crippen LogP contribution is 2.18. The number of halogens is 1. The summed E-state index contributed by atoms with van der Waals surface area (Å²) in [5.74, 6) is -0.109. The van der Waals surface area contributed by atoms with Gasteiger partial charge in [-0.25, -0.2) is 0 Å². The number of benzene rings is 1. The van der Waals surface area contributed by atoms with E-state index in [0.29, 0.717) is 11.6 Å². The van der Waals surface area contributed by atoms with Crippen LogP contribution >= 0.6 is 11.6 Å². The molecule has 1 aliphatic rings. The maximum atomic E-state index is 11.1. The molecule has 1 heterocycles. The standard InChI is InChI=1S/C10H12ClNO.C4H8O.C2H6/c1-7(13)10(6-12)8-2-4-9(11)5-3-8;1-2-4-5-3-1;1-2/h2-5,10H,6,12H2,1H3;1-4H2;1-2H3. The molecular formula is C16H26ClNO2. The molecule has 2 N–H and O–H groups in total. The summed E-state index contributed by atoms with van der Waals surface area (Å²) in [5, 5.41) is 0.670. The highest BCUT2D eigenvalue weighted by molar-refractivity contribution is 6.30. The number of ether oxygens (including phenoxy) is 1. The lowest BCUT2D eigenvalue weighted by atomic mass is 9.96. The van der Waals surface area contributed by atoms with Crippen molar-refractivity contribution < 1.29 is 9.53 Å². The van der Waals surface area contributed by atoms with Gasteiger partial charge in [-0.2, -0.15) is 0 Å². The molecule has 0 radical (unpaired) electrons. The van der Waals surface area contributed by atoms with Crippen molar-refractivity contribution >= 4 is 17.4 Å². The predicted octanol–water partition coefficient (Wildman–Crippen LogP) is 3.79. The molecule has 4 heteroatoms. The molecule has 20 heavy (non-hydrogen) atoms. The Hall–Kier alpha value is -0.900. The number of Topliss-reactive ketones (excluding diaryl/α,β-unsaturated/α-hetero) is 1. The van der Waals surface area contributed by atoms with Crippen molar-refractivity contribution in [2.75, 3.05) is 19.8 Å². The minimum atomic E-state index is -0.197. The summed E-state index contributed by atoms with van der Waals surface area (Å²) in [7, 11) is 0. The number of hydrogen-bond donors (Lipinski definition) is 1. The summed E-state index contributed by atoms with van der Waals surface area (Å²) in [5.41, 5.74) is 6.42. The average molecular weight is 300 g/mol. The molecule has 0 amide bonds. The largest absolute Gasteiger partial charge is 0.381 e. The van der Waals surface area contributed by atoms with Crippen LogP contribution in [0, 0.1) is 0 Å². The molecule has 1 aromatic rings. The van der Waals surface area contributed by atoms with Crippen LogP contribution in [0.4, 0.5) is 0 Å². The van der Waals surface area contributed by atoms with Crippen LogP contribution in [0.25, 0.3) is 0 Å². The second-order valence-corrected chi connectivity index (χ2v) is 4.71. The second-order valence-electron chi connectivity index (χ2n) is 4.27. The molecule has 0 spiro atoms. The molecule has 1 unspecified atom stereocenters. The van der Waals surface area contributed by atoms with Crippen molar-refractivity contribution in [3.05, 3.63) is 34.9 Å². The van der Waals surface area contributed by atoms with E-state index in [1.807, 2.05) is 26.0 Å². The van der Waals surface area contributed by atoms with Gasteiger partial charge in [-0.15, -0.1) is 0 Å². The maximum absolute atomic E-state index is 11.1. The van der Waals surface area contributed by atoms with Crippen LogP contribution in [0.5, 0.6) is 0 Å². The molecule has 0 aromatic heterocycles. The summed E-state index contributed by atoms with van der Waals surface area (Å²) in [6, 6.07) is 7.20. The van der Waals surface area contributed by atoms with Crippen LogP contribution in [0.3, 0.4) is 0 Å². The van der Waals surface area contributed by atoms with Gasteiger partial charge in [0.15, 0.2) is 0 Å². The van der Waals surface area contributed by atoms with Crippen molar-refractivity contribution in [1.29, 1.82) is 0 Å². The number of ketones is 1. The fourth-order valence-electron chi connectivity index (χ4n) is 1.74. The third-order valence-corrected chi connectivity index (χ3v) is 3.08. The molecule has 114 valence electrons. The fraction of sp³-hybridized carbons (Fsp3) is 0.562. The van der Waals surface area contributed by atoms with E-state index in [1.165, 1.54) is 12.8 Å². The molecule has 2 rings (SSSR count). The van der Waals surface area contributed by atoms with Crippen molar-refractivity contribution in [2.45, 2.75) is 39.5 Å². The van der Waals surface area contributed by atoms with E-state index in [9.17, 15) is 4.79 Å². The fourth-order valence-corrected chi connectivity index (χ4v) is 1.87. The first kappa shape index (κ1) is 19.1. The average Bonchev–Trinajstić information content (AvgIpc) is 3.03. The van der Waals surface area contributed by atoms with E-state index in [4.69, 9.17) is 22.1 Å². The molecule has 0 saturated carbocycles. The summed E-state index contributed by atoms with van der Waals surface area (Å²) >= 11 is 5.72. The molecule has 1 aromatic carbocycles. The molecule has 1 saturated heterocycles. The SMILES string of the molecule is C1CCOC1.CC.CC(=O)C(CN)c1ccc(Cl)cc1. The number of carbonyl (C=O) groups excluding carboxylic acids is 1.